The second-order valence-electron chi connectivity index (χ2n) is 8.12. The molecule has 0 spiro atoms. The van der Waals surface area contributed by atoms with E-state index in [0.29, 0.717) is 5.41 Å². The number of ketones is 1. The van der Waals surface area contributed by atoms with Gasteiger partial charge in [0.2, 0.25) is 0 Å². The summed E-state index contributed by atoms with van der Waals surface area (Å²) >= 11 is 0. The van der Waals surface area contributed by atoms with Crippen LogP contribution in [0.3, 0.4) is 0 Å². The Labute approximate surface area is 130 Å². The molecule has 0 unspecified atom stereocenters. The Balaban J connectivity index is 2.53. The highest BCUT2D eigenvalue weighted by Gasteiger charge is 2.39. The molecule has 114 valence electrons. The molecule has 0 saturated heterocycles. The van der Waals surface area contributed by atoms with Gasteiger partial charge in [0.15, 0.2) is 0 Å². The van der Waals surface area contributed by atoms with Crippen molar-refractivity contribution in [1.29, 1.82) is 0 Å². The lowest BCUT2D eigenvalue weighted by Gasteiger charge is -2.44. The van der Waals surface area contributed by atoms with Crippen LogP contribution in [0.4, 0.5) is 0 Å². The summed E-state index contributed by atoms with van der Waals surface area (Å²) in [7, 11) is 2.15. The van der Waals surface area contributed by atoms with E-state index in [1.807, 2.05) is 0 Å². The highest BCUT2D eigenvalue weighted by molar-refractivity contribution is 6.33. The second-order valence-corrected chi connectivity index (χ2v) is 8.12. The normalized spacial score (nSPS) is 26.3. The summed E-state index contributed by atoms with van der Waals surface area (Å²) in [5.74, 6) is 0.271. The molecule has 0 heterocycles. The van der Waals surface area contributed by atoms with Crippen LogP contribution in [-0.2, 0) is 10.2 Å². The average molecular weight is 284 g/mol. The van der Waals surface area contributed by atoms with Gasteiger partial charge in [-0.2, -0.15) is 0 Å². The summed E-state index contributed by atoms with van der Waals surface area (Å²) in [5, 5.41) is 0. The molecule has 2 atom stereocenters. The van der Waals surface area contributed by atoms with E-state index in [4.69, 9.17) is 0 Å². The third-order valence-corrected chi connectivity index (χ3v) is 5.47. The first-order valence-electron chi connectivity index (χ1n) is 8.27. The minimum Gasteiger partial charge on any atom is -0.299 e. The smallest absolute Gasteiger partial charge is 0.139 e. The van der Waals surface area contributed by atoms with E-state index in [1.54, 1.807) is 6.92 Å². The summed E-state index contributed by atoms with van der Waals surface area (Å²) in [5.41, 5.74) is 4.56. The topological polar surface area (TPSA) is 17.1 Å². The van der Waals surface area contributed by atoms with E-state index >= 15 is 0 Å². The maximum atomic E-state index is 12.0. The lowest BCUT2D eigenvalue weighted by molar-refractivity contribution is -0.118. The van der Waals surface area contributed by atoms with Crippen molar-refractivity contribution in [3.8, 4) is 0 Å². The number of rotatable bonds is 3. The van der Waals surface area contributed by atoms with Gasteiger partial charge in [0.1, 0.15) is 13.6 Å². The Morgan fingerprint density at radius 2 is 1.90 bits per heavy atom. The highest BCUT2D eigenvalue weighted by Crippen LogP contribution is 2.48. The molecule has 1 aromatic carbocycles. The van der Waals surface area contributed by atoms with Gasteiger partial charge in [-0.25, -0.2) is 0 Å². The van der Waals surface area contributed by atoms with Crippen LogP contribution >= 0.6 is 0 Å². The van der Waals surface area contributed by atoms with E-state index in [0.717, 1.165) is 0 Å². The van der Waals surface area contributed by atoms with Crippen LogP contribution in [-0.4, -0.2) is 13.6 Å². The van der Waals surface area contributed by atoms with Crippen molar-refractivity contribution in [2.45, 2.75) is 71.6 Å². The molecule has 0 bridgehead atoms. The number of benzene rings is 1. The van der Waals surface area contributed by atoms with Gasteiger partial charge in [-0.1, -0.05) is 57.8 Å². The van der Waals surface area contributed by atoms with Crippen LogP contribution in [0.5, 0.6) is 0 Å². The van der Waals surface area contributed by atoms with Crippen molar-refractivity contribution in [2.75, 3.05) is 0 Å². The standard InChI is InChI=1S/C19H29BO/c1-13(14(2)21)17-15(8-6-9-16(17)20)19(5)11-7-10-18(3,4)12-19/h6,8-9,13H,7,10-12,20H2,1-5H3/t13-,19-/m0/s1. The SMILES string of the molecule is Bc1cccc([C@@]2(C)CCCC(C)(C)C2)c1[C@@H](C)C(C)=O. The summed E-state index contributed by atoms with van der Waals surface area (Å²) in [6.07, 6.45) is 5.04. The van der Waals surface area contributed by atoms with Crippen LogP contribution in [0.2, 0.25) is 0 Å². The predicted molar refractivity (Wildman–Crippen MR) is 93.3 cm³/mol. The molecule has 1 aromatic rings. The van der Waals surface area contributed by atoms with Crippen LogP contribution in [0.1, 0.15) is 77.3 Å². The maximum absolute atomic E-state index is 12.0. The zero-order valence-electron chi connectivity index (χ0n) is 14.5. The van der Waals surface area contributed by atoms with Gasteiger partial charge >= 0.3 is 0 Å². The third kappa shape index (κ3) is 3.25. The predicted octanol–water partition coefficient (Wildman–Crippen LogP) is 3.50. The first kappa shape index (κ1) is 16.3. The van der Waals surface area contributed by atoms with E-state index in [1.165, 1.54) is 42.3 Å². The Morgan fingerprint density at radius 1 is 1.24 bits per heavy atom. The first-order chi connectivity index (χ1) is 9.66. The van der Waals surface area contributed by atoms with E-state index in [2.05, 4.69) is 53.7 Å². The molecule has 0 aliphatic heterocycles. The molecule has 1 aliphatic carbocycles. The largest absolute Gasteiger partial charge is 0.299 e. The molecule has 0 N–H and O–H groups in total. The molecular weight excluding hydrogens is 255 g/mol. The van der Waals surface area contributed by atoms with Crippen molar-refractivity contribution in [3.63, 3.8) is 0 Å². The number of hydrogen-bond acceptors (Lipinski definition) is 1. The van der Waals surface area contributed by atoms with Gasteiger partial charge < -0.3 is 0 Å². The van der Waals surface area contributed by atoms with E-state index in [-0.39, 0.29) is 17.1 Å². The van der Waals surface area contributed by atoms with Crippen molar-refractivity contribution < 1.29 is 4.79 Å². The Morgan fingerprint density at radius 3 is 2.48 bits per heavy atom. The molecule has 0 aromatic heterocycles. The molecule has 1 nitrogen and oxygen atoms in total. The van der Waals surface area contributed by atoms with Crippen molar-refractivity contribution >= 4 is 19.1 Å². The second kappa shape index (κ2) is 5.63. The highest BCUT2D eigenvalue weighted by atomic mass is 16.1. The quantitative estimate of drug-likeness (QED) is 0.776. The molecule has 21 heavy (non-hydrogen) atoms. The van der Waals surface area contributed by atoms with Crippen LogP contribution in [0, 0.1) is 5.41 Å². The van der Waals surface area contributed by atoms with Crippen molar-refractivity contribution in [3.05, 3.63) is 29.3 Å². The van der Waals surface area contributed by atoms with Gasteiger partial charge in [0.05, 0.1) is 0 Å². The van der Waals surface area contributed by atoms with Gasteiger partial charge in [-0.15, -0.1) is 0 Å². The summed E-state index contributed by atoms with van der Waals surface area (Å²) in [6, 6.07) is 6.58. The minimum atomic E-state index is 0.00284. The summed E-state index contributed by atoms with van der Waals surface area (Å²) in [4.78, 5) is 12.0. The van der Waals surface area contributed by atoms with Gasteiger partial charge in [-0.3, -0.25) is 4.79 Å². The minimum absolute atomic E-state index is 0.00284. The lowest BCUT2D eigenvalue weighted by Crippen LogP contribution is -2.37. The Bertz CT molecular complexity index is 546. The lowest BCUT2D eigenvalue weighted by atomic mass is 9.59. The Kier molecular flexibility index (Phi) is 4.37. The fraction of sp³-hybridized carbons (Fsp3) is 0.632. The van der Waals surface area contributed by atoms with Gasteiger partial charge in [0, 0.05) is 5.92 Å². The number of carbonyl (C=O) groups is 1. The average Bonchev–Trinajstić information content (AvgIpc) is 2.36. The van der Waals surface area contributed by atoms with Gasteiger partial charge in [-0.05, 0) is 48.1 Å². The molecule has 1 saturated carbocycles. The van der Waals surface area contributed by atoms with Gasteiger partial charge in [0.25, 0.3) is 0 Å². The molecule has 0 amide bonds. The zero-order valence-corrected chi connectivity index (χ0v) is 14.5. The molecule has 1 fully saturated rings. The third-order valence-electron chi connectivity index (χ3n) is 5.47. The Hall–Kier alpha value is -1.05. The zero-order chi connectivity index (χ0) is 15.8. The van der Waals surface area contributed by atoms with Crippen molar-refractivity contribution in [1.82, 2.24) is 0 Å². The fourth-order valence-corrected chi connectivity index (χ4v) is 4.40. The number of Topliss-reactive ketones (excluding diaryl/α,β-unsaturated/α-hetero) is 1. The summed E-state index contributed by atoms with van der Waals surface area (Å²) < 4.78 is 0. The van der Waals surface area contributed by atoms with Crippen LogP contribution in [0.15, 0.2) is 18.2 Å². The van der Waals surface area contributed by atoms with E-state index < -0.39 is 0 Å². The fourth-order valence-electron chi connectivity index (χ4n) is 4.40. The van der Waals surface area contributed by atoms with E-state index in [9.17, 15) is 4.79 Å². The van der Waals surface area contributed by atoms with Crippen LogP contribution < -0.4 is 5.46 Å². The monoisotopic (exact) mass is 284 g/mol. The number of hydrogen-bond donors (Lipinski definition) is 0. The maximum Gasteiger partial charge on any atom is 0.139 e. The van der Waals surface area contributed by atoms with Crippen LogP contribution in [0.25, 0.3) is 0 Å². The molecule has 0 radical (unpaired) electrons. The number of carbonyl (C=O) groups excluding carboxylic acids is 1. The molecule has 1 aliphatic rings. The molecule has 2 heteroatoms. The first-order valence-corrected chi connectivity index (χ1v) is 8.27. The molecule has 2 rings (SSSR count). The summed E-state index contributed by atoms with van der Waals surface area (Å²) in [6.45, 7) is 10.9. The molecular formula is C19H29BO. The van der Waals surface area contributed by atoms with Crippen molar-refractivity contribution in [2.24, 2.45) is 5.41 Å².